The zero-order valence-corrected chi connectivity index (χ0v) is 45.6. The maximum absolute atomic E-state index is 3.91. The summed E-state index contributed by atoms with van der Waals surface area (Å²) in [5.74, 6) is 1.96. The van der Waals surface area contributed by atoms with E-state index in [1.165, 1.54) is 99.3 Å². The Labute approximate surface area is 380 Å². The van der Waals surface area contributed by atoms with Gasteiger partial charge in [-0.15, -0.1) is 24.8 Å². The van der Waals surface area contributed by atoms with Crippen LogP contribution in [0.2, 0.25) is 48.5 Å². The molecule has 0 saturated heterocycles. The Morgan fingerprint density at radius 3 is 1.18 bits per heavy atom. The van der Waals surface area contributed by atoms with Crippen LogP contribution >= 0.6 is 24.8 Å². The molecule has 4 bridgehead atoms. The zero-order chi connectivity index (χ0) is 40.5. The Morgan fingerprint density at radius 2 is 0.883 bits per heavy atom. The van der Waals surface area contributed by atoms with Gasteiger partial charge in [0, 0.05) is 0 Å². The van der Waals surface area contributed by atoms with Crippen molar-refractivity contribution in [2.75, 3.05) is 0 Å². The van der Waals surface area contributed by atoms with Gasteiger partial charge in [0.1, 0.15) is 0 Å². The first-order valence-corrected chi connectivity index (χ1v) is 44.0. The summed E-state index contributed by atoms with van der Waals surface area (Å²) in [4.78, 5) is 0. The van der Waals surface area contributed by atoms with Crippen molar-refractivity contribution < 1.29 is 17.4 Å². The van der Waals surface area contributed by atoms with Crippen molar-refractivity contribution in [2.24, 2.45) is 22.7 Å². The quantitative estimate of drug-likeness (QED) is 0.139. The molecular formula is C54H72Cl2Si3Zr. The van der Waals surface area contributed by atoms with Crippen LogP contribution in [0.5, 0.6) is 0 Å². The minimum absolute atomic E-state index is 0. The zero-order valence-electron chi connectivity index (χ0n) is 38.1. The molecule has 4 aromatic carbocycles. The van der Waals surface area contributed by atoms with E-state index in [1.807, 2.05) is 11.1 Å². The minimum Gasteiger partial charge on any atom is -0.147 e. The first-order chi connectivity index (χ1) is 27.4. The predicted molar refractivity (Wildman–Crippen MR) is 273 cm³/mol. The Morgan fingerprint density at radius 1 is 0.533 bits per heavy atom. The molecule has 318 valence electrons. The molecule has 4 fully saturated rings. The molecule has 0 aromatic heterocycles. The Bertz CT molecular complexity index is 2260. The summed E-state index contributed by atoms with van der Waals surface area (Å²) < 4.78 is 7.03. The average molecular weight is 968 g/mol. The molecule has 6 aliphatic carbocycles. The first kappa shape index (κ1) is 45.1. The van der Waals surface area contributed by atoms with E-state index in [9.17, 15) is 0 Å². The number of benzene rings is 4. The van der Waals surface area contributed by atoms with E-state index < -0.39 is 33.5 Å². The molecule has 0 heterocycles. The molecule has 6 aliphatic rings. The molecule has 4 aromatic rings. The molecule has 0 aliphatic heterocycles. The van der Waals surface area contributed by atoms with Crippen molar-refractivity contribution in [3.05, 3.63) is 118 Å². The first-order valence-electron chi connectivity index (χ1n) is 23.4. The maximum Gasteiger partial charge on any atom is -0.147 e. The van der Waals surface area contributed by atoms with Crippen molar-refractivity contribution in [2.45, 2.75) is 133 Å². The Hall–Kier alpha value is -1.53. The number of rotatable bonds is 10. The van der Waals surface area contributed by atoms with E-state index in [1.54, 1.807) is 32.6 Å². The Balaban J connectivity index is 0.00000249. The van der Waals surface area contributed by atoms with Crippen molar-refractivity contribution in [3.63, 3.8) is 0 Å². The summed E-state index contributed by atoms with van der Waals surface area (Å²) in [7, 11) is -2.75. The third-order valence-corrected chi connectivity index (χ3v) is 38.9. The number of hydrogen-bond donors (Lipinski definition) is 0. The normalized spacial score (nSPS) is 27.9. The fourth-order valence-electron chi connectivity index (χ4n) is 14.4. The van der Waals surface area contributed by atoms with Gasteiger partial charge >= 0.3 is 359 Å². The largest absolute Gasteiger partial charge is 0.147 e. The van der Waals surface area contributed by atoms with E-state index in [-0.39, 0.29) is 24.8 Å². The van der Waals surface area contributed by atoms with Crippen LogP contribution in [0.1, 0.15) is 107 Å². The summed E-state index contributed by atoms with van der Waals surface area (Å²) in [6, 6.07) is 34.7. The standard InChI is InChI=1S/2C26H31Si.2CH3.2ClH.H2Si.Zr/c2*1-27(2,3)23-9-7-21(8-10-23)24-6-4-5-22-15-20(16-25(22)24)18-26-13-11-19(17-26)12-14-26;;;;;;/h2*4-10,15-16,19H,11-14,17-18H2,1-3H3;2*1H3;2*1H;1H2;. The van der Waals surface area contributed by atoms with E-state index in [0.717, 1.165) is 11.8 Å². The van der Waals surface area contributed by atoms with Crippen molar-refractivity contribution in [1.82, 2.24) is 0 Å². The molecule has 60 heavy (non-hydrogen) atoms. The summed E-state index contributed by atoms with van der Waals surface area (Å²) in [6.45, 7) is 17.5. The minimum atomic E-state index is -3.91. The van der Waals surface area contributed by atoms with Gasteiger partial charge in [-0.3, -0.25) is 0 Å². The monoisotopic (exact) mass is 964 g/mol. The molecule has 0 radical (unpaired) electrons. The molecule has 2 unspecified atom stereocenters. The SMILES string of the molecule is C[Si](C)(C)c1ccc(-c2cccc3c2C=C(CC24CCC(CC2)C4)[CH]3[Zr]([CH3])([CH3])(=[SiH2])[CH]2C(CC34CCC(CC3)C4)=Cc3c(-c4ccc([Si](C)(C)C)cc4)cccc32)cc1.Cl.Cl. The van der Waals surface area contributed by atoms with Gasteiger partial charge in [0.05, 0.1) is 0 Å². The smallest absolute Gasteiger partial charge is 0.147 e. The number of fused-ring (bicyclic) bond motifs is 6. The van der Waals surface area contributed by atoms with Crippen LogP contribution in [0.25, 0.3) is 34.4 Å². The van der Waals surface area contributed by atoms with E-state index in [0.29, 0.717) is 18.1 Å². The fourth-order valence-corrected chi connectivity index (χ4v) is 36.4. The number of allylic oxidation sites excluding steroid dienone is 2. The topological polar surface area (TPSA) is 0 Å². The van der Waals surface area contributed by atoms with Crippen LogP contribution in [0, 0.1) is 22.7 Å². The second-order valence-corrected chi connectivity index (χ2v) is 64.8. The molecule has 0 spiro atoms. The predicted octanol–water partition coefficient (Wildman–Crippen LogP) is 14.8. The molecule has 2 atom stereocenters. The second-order valence-electron chi connectivity index (χ2n) is 24.2. The second kappa shape index (κ2) is 15.6. The maximum atomic E-state index is 2.94. The summed E-state index contributed by atoms with van der Waals surface area (Å²) in [5, 5.41) is 3.11. The van der Waals surface area contributed by atoms with Gasteiger partial charge in [0.15, 0.2) is 0 Å². The van der Waals surface area contributed by atoms with Gasteiger partial charge < -0.3 is 0 Å². The van der Waals surface area contributed by atoms with Crippen LogP contribution in [0.15, 0.2) is 96.1 Å². The molecule has 10 rings (SSSR count). The average Bonchev–Trinajstić information content (AvgIpc) is 4.04. The van der Waals surface area contributed by atoms with Crippen LogP contribution in [0.3, 0.4) is 0 Å². The van der Waals surface area contributed by atoms with Gasteiger partial charge in [0.25, 0.3) is 0 Å². The number of hydrogen-bond acceptors (Lipinski definition) is 0. The van der Waals surface area contributed by atoms with Crippen molar-refractivity contribution in [3.8, 4) is 22.3 Å². The molecule has 0 N–H and O–H groups in total. The van der Waals surface area contributed by atoms with Crippen LogP contribution < -0.4 is 10.4 Å². The molecule has 0 nitrogen and oxygen atoms in total. The van der Waals surface area contributed by atoms with Gasteiger partial charge in [-0.2, -0.15) is 0 Å². The molecule has 0 amide bonds. The number of halogens is 2. The van der Waals surface area contributed by atoms with Gasteiger partial charge in [0.2, 0.25) is 0 Å². The van der Waals surface area contributed by atoms with Crippen LogP contribution in [-0.4, -0.2) is 23.0 Å². The van der Waals surface area contributed by atoms with Gasteiger partial charge in [-0.05, 0) is 0 Å². The van der Waals surface area contributed by atoms with Gasteiger partial charge in [-0.1, -0.05) is 0 Å². The Kier molecular flexibility index (Phi) is 11.7. The molecule has 6 heteroatoms. The third-order valence-electron chi connectivity index (χ3n) is 17.3. The van der Waals surface area contributed by atoms with Crippen LogP contribution in [-0.2, 0) is 17.4 Å². The summed E-state index contributed by atoms with van der Waals surface area (Å²) in [6.07, 6.45) is 22.9. The van der Waals surface area contributed by atoms with Crippen molar-refractivity contribution >= 4 is 70.4 Å². The van der Waals surface area contributed by atoms with Gasteiger partial charge in [-0.25, -0.2) is 0 Å². The molecule has 4 saturated carbocycles. The molecular weight excluding hydrogens is 895 g/mol. The van der Waals surface area contributed by atoms with Crippen molar-refractivity contribution in [1.29, 1.82) is 0 Å². The summed E-state index contributed by atoms with van der Waals surface area (Å²) >= 11 is -3.91. The van der Waals surface area contributed by atoms with E-state index >= 15 is 0 Å². The van der Waals surface area contributed by atoms with Crippen LogP contribution in [0.4, 0.5) is 0 Å². The summed E-state index contributed by atoms with van der Waals surface area (Å²) in [5.41, 5.74) is 17.0. The van der Waals surface area contributed by atoms with E-state index in [2.05, 4.69) is 153 Å². The third kappa shape index (κ3) is 7.68. The fraction of sp³-hybridized carbons (Fsp3) is 0.481. The van der Waals surface area contributed by atoms with E-state index in [4.69, 9.17) is 0 Å².